The van der Waals surface area contributed by atoms with Gasteiger partial charge in [0.25, 0.3) is 0 Å². The first-order chi connectivity index (χ1) is 13.0. The smallest absolute Gasteiger partial charge is 0.229 e. The number of aromatic nitrogens is 2. The van der Waals surface area contributed by atoms with Crippen molar-refractivity contribution < 1.29 is 4.79 Å². The molecule has 1 aliphatic carbocycles. The molecule has 0 bridgehead atoms. The number of hydrogen-bond donors (Lipinski definition) is 3. The Hall–Kier alpha value is -2.25. The molecular formula is C19H24Cl2N6O. The third-order valence-electron chi connectivity index (χ3n) is 5.06. The van der Waals surface area contributed by atoms with E-state index >= 15 is 0 Å². The molecule has 4 rings (SSSR count). The predicted molar refractivity (Wildman–Crippen MR) is 115 cm³/mol. The number of rotatable bonds is 4. The lowest BCUT2D eigenvalue weighted by molar-refractivity contribution is -0.119. The number of fused-ring (bicyclic) bond motifs is 1. The highest BCUT2D eigenvalue weighted by molar-refractivity contribution is 6.33. The summed E-state index contributed by atoms with van der Waals surface area (Å²) in [4.78, 5) is 23.1. The summed E-state index contributed by atoms with van der Waals surface area (Å²) in [5.74, 6) is 1.56. The number of amides is 1. The van der Waals surface area contributed by atoms with Gasteiger partial charge in [-0.1, -0.05) is 11.6 Å². The summed E-state index contributed by atoms with van der Waals surface area (Å²) in [6.07, 6.45) is 3.98. The van der Waals surface area contributed by atoms with Gasteiger partial charge < -0.3 is 21.3 Å². The number of carbonyl (C=O) groups excluding carboxylic acids is 1. The van der Waals surface area contributed by atoms with E-state index in [1.807, 2.05) is 6.07 Å². The van der Waals surface area contributed by atoms with Crippen molar-refractivity contribution in [3.63, 3.8) is 0 Å². The van der Waals surface area contributed by atoms with Crippen molar-refractivity contribution in [2.45, 2.75) is 38.6 Å². The first-order valence-corrected chi connectivity index (χ1v) is 9.61. The molecule has 0 saturated carbocycles. The van der Waals surface area contributed by atoms with Gasteiger partial charge in [0.1, 0.15) is 5.82 Å². The topological polar surface area (TPSA) is 96.2 Å². The fourth-order valence-corrected chi connectivity index (χ4v) is 3.96. The Morgan fingerprint density at radius 1 is 1.32 bits per heavy atom. The molecule has 2 aliphatic rings. The van der Waals surface area contributed by atoms with Crippen molar-refractivity contribution in [1.29, 1.82) is 0 Å². The molecule has 150 valence electrons. The van der Waals surface area contributed by atoms with Crippen molar-refractivity contribution in [3.05, 3.63) is 34.5 Å². The van der Waals surface area contributed by atoms with Crippen LogP contribution in [-0.4, -0.2) is 35.0 Å². The van der Waals surface area contributed by atoms with Crippen molar-refractivity contribution >= 4 is 53.1 Å². The molecule has 1 saturated heterocycles. The van der Waals surface area contributed by atoms with E-state index in [0.29, 0.717) is 16.7 Å². The standard InChI is InChI=1S/C19H23ClN6O.ClH/c1-11(27)22-13-7-8-26(10-13)18-14-3-2-4-17(14)24-19(25-18)23-12-5-6-15(20)16(21)9-12;/h5-6,9,13H,2-4,7-8,10,21H2,1H3,(H,22,27)(H,23,24,25);1H. The van der Waals surface area contributed by atoms with E-state index in [1.165, 1.54) is 5.56 Å². The summed E-state index contributed by atoms with van der Waals surface area (Å²) in [6.45, 7) is 3.21. The molecule has 28 heavy (non-hydrogen) atoms. The maximum atomic E-state index is 11.4. The highest BCUT2D eigenvalue weighted by Gasteiger charge is 2.29. The quantitative estimate of drug-likeness (QED) is 0.655. The van der Waals surface area contributed by atoms with Crippen LogP contribution < -0.4 is 21.3 Å². The average molecular weight is 423 g/mol. The minimum Gasteiger partial charge on any atom is -0.397 e. The molecule has 1 amide bonds. The van der Waals surface area contributed by atoms with E-state index in [1.54, 1.807) is 19.1 Å². The van der Waals surface area contributed by atoms with E-state index in [4.69, 9.17) is 27.3 Å². The average Bonchev–Trinajstić information content (AvgIpc) is 3.26. The monoisotopic (exact) mass is 422 g/mol. The van der Waals surface area contributed by atoms with E-state index in [2.05, 4.69) is 15.5 Å². The van der Waals surface area contributed by atoms with Gasteiger partial charge >= 0.3 is 0 Å². The van der Waals surface area contributed by atoms with Crippen LogP contribution in [0.2, 0.25) is 5.02 Å². The van der Waals surface area contributed by atoms with Crippen LogP contribution in [0.25, 0.3) is 0 Å². The lowest BCUT2D eigenvalue weighted by atomic mass is 10.2. The highest BCUT2D eigenvalue weighted by atomic mass is 35.5. The minimum absolute atomic E-state index is 0. The number of carbonyl (C=O) groups is 1. The number of nitrogens with two attached hydrogens (primary N) is 1. The number of anilines is 4. The van der Waals surface area contributed by atoms with Crippen LogP contribution in [0, 0.1) is 0 Å². The Bertz CT molecular complexity index is 891. The molecular weight excluding hydrogens is 399 g/mol. The molecule has 1 aromatic heterocycles. The van der Waals surface area contributed by atoms with Crippen LogP contribution in [0.5, 0.6) is 0 Å². The first-order valence-electron chi connectivity index (χ1n) is 9.23. The lowest BCUT2D eigenvalue weighted by Crippen LogP contribution is -2.36. The number of nitrogens with one attached hydrogen (secondary N) is 2. The maximum Gasteiger partial charge on any atom is 0.229 e. The second kappa shape index (κ2) is 8.41. The molecule has 0 spiro atoms. The van der Waals surface area contributed by atoms with Crippen LogP contribution in [-0.2, 0) is 17.6 Å². The van der Waals surface area contributed by atoms with Crippen molar-refractivity contribution in [3.8, 4) is 0 Å². The third kappa shape index (κ3) is 4.25. The first kappa shape index (κ1) is 20.5. The molecule has 1 aliphatic heterocycles. The van der Waals surface area contributed by atoms with Crippen molar-refractivity contribution in [2.24, 2.45) is 0 Å². The van der Waals surface area contributed by atoms with Gasteiger partial charge in [-0.05, 0) is 43.9 Å². The highest BCUT2D eigenvalue weighted by Crippen LogP contribution is 2.33. The third-order valence-corrected chi connectivity index (χ3v) is 5.40. The van der Waals surface area contributed by atoms with Crippen LogP contribution in [0.15, 0.2) is 18.2 Å². The Kier molecular flexibility index (Phi) is 6.15. The predicted octanol–water partition coefficient (Wildman–Crippen LogP) is 3.08. The maximum absolute atomic E-state index is 11.4. The molecule has 1 aromatic carbocycles. The molecule has 9 heteroatoms. The SMILES string of the molecule is CC(=O)NC1CCN(c2nc(Nc3ccc(Cl)c(N)c3)nc3c2CCC3)C1.Cl. The molecule has 4 N–H and O–H groups in total. The summed E-state index contributed by atoms with van der Waals surface area (Å²) >= 11 is 6.00. The van der Waals surface area contributed by atoms with Crippen molar-refractivity contribution in [2.75, 3.05) is 29.0 Å². The Balaban J connectivity index is 0.00000225. The summed E-state index contributed by atoms with van der Waals surface area (Å²) in [7, 11) is 0. The zero-order valence-electron chi connectivity index (χ0n) is 15.7. The number of halogens is 2. The lowest BCUT2D eigenvalue weighted by Gasteiger charge is -2.21. The molecule has 7 nitrogen and oxygen atoms in total. The Morgan fingerprint density at radius 3 is 2.89 bits per heavy atom. The summed E-state index contributed by atoms with van der Waals surface area (Å²) in [5.41, 5.74) is 9.55. The molecule has 1 unspecified atom stereocenters. The van der Waals surface area contributed by atoms with Gasteiger partial charge in [-0.3, -0.25) is 4.79 Å². The Labute approximate surface area is 175 Å². The van der Waals surface area contributed by atoms with Crippen LogP contribution in [0.1, 0.15) is 31.0 Å². The number of aryl methyl sites for hydroxylation is 1. The van der Waals surface area contributed by atoms with Gasteiger partial charge in [-0.2, -0.15) is 4.98 Å². The summed E-state index contributed by atoms with van der Waals surface area (Å²) in [5, 5.41) is 6.79. The molecule has 1 fully saturated rings. The normalized spacial score (nSPS) is 17.8. The number of nitrogen functional groups attached to an aromatic ring is 1. The minimum atomic E-state index is 0. The van der Waals surface area contributed by atoms with Gasteiger partial charge in [0.15, 0.2) is 0 Å². The summed E-state index contributed by atoms with van der Waals surface area (Å²) < 4.78 is 0. The fraction of sp³-hybridized carbons (Fsp3) is 0.421. The van der Waals surface area contributed by atoms with E-state index in [-0.39, 0.29) is 24.4 Å². The Morgan fingerprint density at radius 2 is 2.14 bits per heavy atom. The van der Waals surface area contributed by atoms with E-state index in [9.17, 15) is 4.79 Å². The van der Waals surface area contributed by atoms with Crippen molar-refractivity contribution in [1.82, 2.24) is 15.3 Å². The van der Waals surface area contributed by atoms with Gasteiger partial charge in [0.2, 0.25) is 11.9 Å². The zero-order valence-corrected chi connectivity index (χ0v) is 17.2. The van der Waals surface area contributed by atoms with Crippen LogP contribution >= 0.6 is 24.0 Å². The fourth-order valence-electron chi connectivity index (χ4n) is 3.84. The second-order valence-corrected chi connectivity index (χ2v) is 7.55. The van der Waals surface area contributed by atoms with Gasteiger partial charge in [-0.15, -0.1) is 12.4 Å². The van der Waals surface area contributed by atoms with Gasteiger partial charge in [0.05, 0.1) is 16.4 Å². The van der Waals surface area contributed by atoms with E-state index in [0.717, 1.165) is 56.0 Å². The molecule has 2 aromatic rings. The molecule has 2 heterocycles. The number of hydrogen-bond acceptors (Lipinski definition) is 6. The number of nitrogens with zero attached hydrogens (tertiary/aromatic N) is 3. The number of benzene rings is 1. The van der Waals surface area contributed by atoms with E-state index < -0.39 is 0 Å². The summed E-state index contributed by atoms with van der Waals surface area (Å²) in [6, 6.07) is 5.56. The largest absolute Gasteiger partial charge is 0.397 e. The van der Waals surface area contributed by atoms with Crippen LogP contribution in [0.3, 0.4) is 0 Å². The molecule has 0 radical (unpaired) electrons. The van der Waals surface area contributed by atoms with Gasteiger partial charge in [0, 0.05) is 37.3 Å². The van der Waals surface area contributed by atoms with Crippen LogP contribution in [0.4, 0.5) is 23.1 Å². The van der Waals surface area contributed by atoms with Gasteiger partial charge in [-0.25, -0.2) is 4.98 Å². The second-order valence-electron chi connectivity index (χ2n) is 7.14. The zero-order chi connectivity index (χ0) is 19.0. The molecule has 1 atom stereocenters.